The van der Waals surface area contributed by atoms with E-state index in [0.717, 1.165) is 17.0 Å². The maximum absolute atomic E-state index is 13.4. The Labute approximate surface area is 92.1 Å². The highest BCUT2D eigenvalue weighted by Crippen LogP contribution is 2.17. The van der Waals surface area contributed by atoms with Crippen LogP contribution in [0.4, 0.5) is 8.78 Å². The summed E-state index contributed by atoms with van der Waals surface area (Å²) in [7, 11) is 0. The zero-order valence-corrected chi connectivity index (χ0v) is 8.15. The molecule has 0 atom stereocenters. The number of aromatic amines is 1. The van der Waals surface area contributed by atoms with Gasteiger partial charge in [0.1, 0.15) is 18.0 Å². The van der Waals surface area contributed by atoms with Gasteiger partial charge in [-0.05, 0) is 6.07 Å². The van der Waals surface area contributed by atoms with Crippen molar-refractivity contribution >= 4 is 5.97 Å². The van der Waals surface area contributed by atoms with Crippen molar-refractivity contribution < 1.29 is 18.7 Å². The molecule has 0 saturated heterocycles. The third-order valence-corrected chi connectivity index (χ3v) is 2.08. The molecule has 88 valence electrons. The summed E-state index contributed by atoms with van der Waals surface area (Å²) < 4.78 is 27.2. The Morgan fingerprint density at radius 3 is 2.59 bits per heavy atom. The summed E-state index contributed by atoms with van der Waals surface area (Å²) in [5.41, 5.74) is -1.87. The van der Waals surface area contributed by atoms with Crippen LogP contribution in [-0.4, -0.2) is 25.8 Å². The first-order valence-electron chi connectivity index (χ1n) is 4.35. The van der Waals surface area contributed by atoms with Gasteiger partial charge in [0.25, 0.3) is 0 Å². The van der Waals surface area contributed by atoms with Crippen LogP contribution in [-0.2, 0) is 0 Å². The Balaban J connectivity index is 2.71. The monoisotopic (exact) mass is 241 g/mol. The average molecular weight is 241 g/mol. The van der Waals surface area contributed by atoms with Crippen LogP contribution in [0.5, 0.6) is 0 Å². The minimum atomic E-state index is -1.56. The quantitative estimate of drug-likeness (QED) is 0.803. The minimum Gasteiger partial charge on any atom is -0.478 e. The van der Waals surface area contributed by atoms with Crippen LogP contribution in [0.15, 0.2) is 23.3 Å². The molecule has 0 radical (unpaired) electrons. The summed E-state index contributed by atoms with van der Waals surface area (Å²) in [6, 6.07) is 1.13. The predicted molar refractivity (Wildman–Crippen MR) is 51.1 cm³/mol. The first-order chi connectivity index (χ1) is 8.00. The third-order valence-electron chi connectivity index (χ3n) is 2.08. The van der Waals surface area contributed by atoms with Gasteiger partial charge in [0, 0.05) is 6.07 Å². The first-order valence-corrected chi connectivity index (χ1v) is 4.35. The number of aromatic carboxylic acids is 1. The van der Waals surface area contributed by atoms with Crippen LogP contribution in [0.2, 0.25) is 0 Å². The molecule has 6 nitrogen and oxygen atoms in total. The van der Waals surface area contributed by atoms with E-state index < -0.39 is 28.9 Å². The fraction of sp³-hybridized carbons (Fsp3) is 0. The van der Waals surface area contributed by atoms with Crippen LogP contribution >= 0.6 is 0 Å². The Bertz CT molecular complexity index is 647. The molecular weight excluding hydrogens is 236 g/mol. The van der Waals surface area contributed by atoms with E-state index in [0.29, 0.717) is 6.07 Å². The number of rotatable bonds is 2. The van der Waals surface area contributed by atoms with E-state index in [4.69, 9.17) is 5.11 Å². The van der Waals surface area contributed by atoms with Crippen molar-refractivity contribution in [2.45, 2.75) is 0 Å². The second-order valence-electron chi connectivity index (χ2n) is 3.12. The van der Waals surface area contributed by atoms with Gasteiger partial charge in [0.05, 0.1) is 11.3 Å². The van der Waals surface area contributed by atoms with E-state index in [1.54, 1.807) is 0 Å². The van der Waals surface area contributed by atoms with E-state index in [1.807, 2.05) is 5.10 Å². The Kier molecular flexibility index (Phi) is 2.47. The molecule has 0 spiro atoms. The average Bonchev–Trinajstić information content (AvgIpc) is 2.64. The van der Waals surface area contributed by atoms with E-state index in [1.165, 1.54) is 0 Å². The Morgan fingerprint density at radius 1 is 1.35 bits per heavy atom. The first kappa shape index (κ1) is 11.0. The Morgan fingerprint density at radius 2 is 2.06 bits per heavy atom. The highest BCUT2D eigenvalue weighted by molar-refractivity contribution is 5.88. The number of carboxylic acid groups (broad SMARTS) is 1. The molecule has 0 amide bonds. The molecule has 1 aromatic heterocycles. The van der Waals surface area contributed by atoms with Gasteiger partial charge in [-0.1, -0.05) is 0 Å². The number of carbonyl (C=O) groups is 1. The summed E-state index contributed by atoms with van der Waals surface area (Å²) in [4.78, 5) is 21.8. The Hall–Kier alpha value is -2.51. The molecule has 2 N–H and O–H groups in total. The van der Waals surface area contributed by atoms with Crippen molar-refractivity contribution in [1.29, 1.82) is 0 Å². The highest BCUT2D eigenvalue weighted by Gasteiger charge is 2.17. The maximum Gasteiger partial charge on any atom is 0.347 e. The molecular formula is C9H5F2N3O3. The number of halogens is 2. The number of hydrogen-bond donors (Lipinski definition) is 2. The molecule has 17 heavy (non-hydrogen) atoms. The van der Waals surface area contributed by atoms with Gasteiger partial charge in [-0.25, -0.2) is 28.0 Å². The molecule has 0 aliphatic carbocycles. The van der Waals surface area contributed by atoms with Gasteiger partial charge in [-0.2, -0.15) is 5.10 Å². The zero-order chi connectivity index (χ0) is 12.6. The van der Waals surface area contributed by atoms with Crippen LogP contribution in [0.3, 0.4) is 0 Å². The van der Waals surface area contributed by atoms with Crippen molar-refractivity contribution in [2.75, 3.05) is 0 Å². The fourth-order valence-corrected chi connectivity index (χ4v) is 1.31. The molecule has 0 saturated carbocycles. The lowest BCUT2D eigenvalue weighted by atomic mass is 10.2. The molecule has 0 aliphatic rings. The second-order valence-corrected chi connectivity index (χ2v) is 3.12. The van der Waals surface area contributed by atoms with E-state index in [2.05, 4.69) is 5.10 Å². The topological polar surface area (TPSA) is 88.0 Å². The van der Waals surface area contributed by atoms with Gasteiger partial charge >= 0.3 is 11.7 Å². The van der Waals surface area contributed by atoms with Crippen molar-refractivity contribution in [3.63, 3.8) is 0 Å². The number of nitrogens with zero attached hydrogens (tertiary/aromatic N) is 2. The molecule has 2 rings (SSSR count). The lowest BCUT2D eigenvalue weighted by molar-refractivity contribution is 0.0691. The number of nitrogens with one attached hydrogen (secondary N) is 1. The van der Waals surface area contributed by atoms with E-state index in [9.17, 15) is 18.4 Å². The molecule has 8 heteroatoms. The van der Waals surface area contributed by atoms with Gasteiger partial charge in [0.15, 0.2) is 0 Å². The minimum absolute atomic E-state index is 0.387. The van der Waals surface area contributed by atoms with Crippen LogP contribution in [0.1, 0.15) is 10.4 Å². The molecule has 0 unspecified atom stereocenters. The summed E-state index contributed by atoms with van der Waals surface area (Å²) in [6.07, 6.45) is 0.963. The van der Waals surface area contributed by atoms with Gasteiger partial charge < -0.3 is 5.11 Å². The van der Waals surface area contributed by atoms with E-state index in [-0.39, 0.29) is 5.69 Å². The smallest absolute Gasteiger partial charge is 0.347 e. The normalized spacial score (nSPS) is 10.5. The van der Waals surface area contributed by atoms with Crippen molar-refractivity contribution in [3.05, 3.63) is 46.1 Å². The SMILES string of the molecule is O=C(O)c1cc(-n2cn[nH]c2=O)c(F)cc1F. The maximum atomic E-state index is 13.4. The van der Waals surface area contributed by atoms with Crippen LogP contribution in [0.25, 0.3) is 5.69 Å². The van der Waals surface area contributed by atoms with E-state index >= 15 is 0 Å². The lowest BCUT2D eigenvalue weighted by Crippen LogP contribution is -2.16. The fourth-order valence-electron chi connectivity index (χ4n) is 1.31. The second kappa shape index (κ2) is 3.81. The van der Waals surface area contributed by atoms with Crippen molar-refractivity contribution in [3.8, 4) is 5.69 Å². The van der Waals surface area contributed by atoms with Crippen molar-refractivity contribution in [2.24, 2.45) is 0 Å². The summed E-state index contributed by atoms with van der Waals surface area (Å²) in [6.45, 7) is 0. The highest BCUT2D eigenvalue weighted by atomic mass is 19.1. The largest absolute Gasteiger partial charge is 0.478 e. The number of benzene rings is 1. The molecule has 0 bridgehead atoms. The van der Waals surface area contributed by atoms with Crippen molar-refractivity contribution in [1.82, 2.24) is 14.8 Å². The molecule has 1 heterocycles. The molecule has 0 fully saturated rings. The number of H-pyrrole nitrogens is 1. The predicted octanol–water partition coefficient (Wildman–Crippen LogP) is 0.537. The van der Waals surface area contributed by atoms with Crippen LogP contribution in [0, 0.1) is 11.6 Å². The lowest BCUT2D eigenvalue weighted by Gasteiger charge is -2.04. The molecule has 2 aromatic rings. The van der Waals surface area contributed by atoms with Gasteiger partial charge in [-0.15, -0.1) is 0 Å². The standard InChI is InChI=1S/C9H5F2N3O3/c10-5-2-6(11)7(1-4(5)8(15)16)14-3-12-13-9(14)17/h1-3H,(H,13,17)(H,15,16). The number of hydrogen-bond acceptors (Lipinski definition) is 3. The summed E-state index contributed by atoms with van der Waals surface area (Å²) in [5.74, 6) is -3.83. The van der Waals surface area contributed by atoms with Gasteiger partial charge in [0.2, 0.25) is 0 Å². The molecule has 1 aromatic carbocycles. The number of carboxylic acids is 1. The zero-order valence-electron chi connectivity index (χ0n) is 8.15. The number of aromatic nitrogens is 3. The van der Waals surface area contributed by atoms with Crippen LogP contribution < -0.4 is 5.69 Å². The summed E-state index contributed by atoms with van der Waals surface area (Å²) >= 11 is 0. The molecule has 0 aliphatic heterocycles. The summed E-state index contributed by atoms with van der Waals surface area (Å²) in [5, 5.41) is 14.0. The third kappa shape index (κ3) is 1.80. The van der Waals surface area contributed by atoms with Gasteiger partial charge in [-0.3, -0.25) is 0 Å².